The lowest BCUT2D eigenvalue weighted by molar-refractivity contribution is -0.149. The van der Waals surface area contributed by atoms with E-state index in [2.05, 4.69) is 45.0 Å². The van der Waals surface area contributed by atoms with E-state index in [1.165, 1.54) is 24.7 Å². The summed E-state index contributed by atoms with van der Waals surface area (Å²) in [6.45, 7) is 10.9. The number of methoxy groups -OCH3 is 2. The highest BCUT2D eigenvalue weighted by molar-refractivity contribution is 5.89. The Labute approximate surface area is 405 Å². The Hall–Kier alpha value is -7.07. The summed E-state index contributed by atoms with van der Waals surface area (Å²) in [5.41, 5.74) is 4.25. The van der Waals surface area contributed by atoms with Crippen LogP contribution >= 0.6 is 0 Å². The molecule has 71 heavy (non-hydrogen) atoms. The maximum Gasteiger partial charge on any atom is 0.401 e. The molecule has 0 unspecified atom stereocenters. The summed E-state index contributed by atoms with van der Waals surface area (Å²) in [7, 11) is 3.08. The zero-order valence-corrected chi connectivity index (χ0v) is 39.6. The summed E-state index contributed by atoms with van der Waals surface area (Å²) in [6, 6.07) is 17.1. The van der Waals surface area contributed by atoms with E-state index in [9.17, 15) is 13.2 Å². The van der Waals surface area contributed by atoms with Gasteiger partial charge in [-0.25, -0.2) is 28.7 Å². The van der Waals surface area contributed by atoms with Gasteiger partial charge in [-0.1, -0.05) is 0 Å². The molecular formula is C50H53F5N10O6. The Kier molecular flexibility index (Phi) is 14.8. The predicted octanol–water partition coefficient (Wildman–Crippen LogP) is 8.56. The third-order valence-electron chi connectivity index (χ3n) is 12.3. The SMILES string of the molecule is COc1cc2c(Oc3ccc4[nH]c(C)cc4c3F)ncnc2cc1OCCN1CCN(CC(F)(F)F)CC1.COc1cc2c(Oc3ccc4[nH]c(C)cc4c3F)ncnc2cc1OCCN1CCNCC1. The normalized spacial score (nSPS) is 15.0. The van der Waals surface area contributed by atoms with E-state index in [0.29, 0.717) is 113 Å². The van der Waals surface area contributed by atoms with E-state index in [-0.39, 0.29) is 23.3 Å². The summed E-state index contributed by atoms with van der Waals surface area (Å²) >= 11 is 0. The topological polar surface area (TPSA) is 160 Å². The van der Waals surface area contributed by atoms with Crippen LogP contribution in [0.4, 0.5) is 22.0 Å². The van der Waals surface area contributed by atoms with Crippen molar-refractivity contribution in [3.63, 3.8) is 0 Å². The van der Waals surface area contributed by atoms with Crippen LogP contribution in [-0.2, 0) is 0 Å². The van der Waals surface area contributed by atoms with Gasteiger partial charge in [-0.15, -0.1) is 0 Å². The second-order valence-electron chi connectivity index (χ2n) is 17.2. The van der Waals surface area contributed by atoms with Crippen molar-refractivity contribution in [3.8, 4) is 46.3 Å². The van der Waals surface area contributed by atoms with E-state index < -0.39 is 24.4 Å². The fraction of sp³-hybridized carbons (Fsp3) is 0.360. The third kappa shape index (κ3) is 11.6. The molecule has 6 heterocycles. The highest BCUT2D eigenvalue weighted by atomic mass is 19.4. The highest BCUT2D eigenvalue weighted by Crippen LogP contribution is 2.39. The number of H-pyrrole nitrogens is 2. The van der Waals surface area contributed by atoms with Gasteiger partial charge < -0.3 is 43.7 Å². The minimum Gasteiger partial charge on any atom is -0.493 e. The van der Waals surface area contributed by atoms with Gasteiger partial charge in [0.2, 0.25) is 11.8 Å². The van der Waals surface area contributed by atoms with Gasteiger partial charge in [-0.05, 0) is 62.4 Å². The first kappa shape index (κ1) is 48.9. The Balaban J connectivity index is 0.000000177. The number of hydrogen-bond donors (Lipinski definition) is 3. The molecule has 10 rings (SSSR count). The van der Waals surface area contributed by atoms with Crippen LogP contribution in [0.15, 0.2) is 73.3 Å². The predicted molar refractivity (Wildman–Crippen MR) is 258 cm³/mol. The average molecular weight is 985 g/mol. The Morgan fingerprint density at radius 3 is 1.44 bits per heavy atom. The fourth-order valence-electron chi connectivity index (χ4n) is 8.66. The van der Waals surface area contributed by atoms with Gasteiger partial charge in [0.1, 0.15) is 25.9 Å². The Bertz CT molecular complexity index is 3140. The number of aryl methyl sites for hydroxylation is 2. The van der Waals surface area contributed by atoms with E-state index in [0.717, 1.165) is 44.1 Å². The summed E-state index contributed by atoms with van der Waals surface area (Å²) in [5, 5.41) is 5.36. The zero-order valence-electron chi connectivity index (χ0n) is 39.6. The lowest BCUT2D eigenvalue weighted by Crippen LogP contribution is -2.49. The van der Waals surface area contributed by atoms with Crippen LogP contribution in [0.3, 0.4) is 0 Å². The number of nitrogens with one attached hydrogen (secondary N) is 3. The van der Waals surface area contributed by atoms with E-state index >= 15 is 8.78 Å². The molecule has 374 valence electrons. The van der Waals surface area contributed by atoms with Crippen LogP contribution in [0.5, 0.6) is 46.3 Å². The second-order valence-corrected chi connectivity index (χ2v) is 17.2. The number of fused-ring (bicyclic) bond motifs is 4. The lowest BCUT2D eigenvalue weighted by Gasteiger charge is -2.34. The molecule has 0 spiro atoms. The average Bonchev–Trinajstić information content (AvgIpc) is 3.95. The monoisotopic (exact) mass is 984 g/mol. The van der Waals surface area contributed by atoms with Gasteiger partial charge >= 0.3 is 6.18 Å². The second kappa shape index (κ2) is 21.5. The maximum absolute atomic E-state index is 15.1. The van der Waals surface area contributed by atoms with Crippen molar-refractivity contribution >= 4 is 43.6 Å². The number of ether oxygens (including phenoxy) is 6. The van der Waals surface area contributed by atoms with E-state index in [1.54, 1.807) is 67.8 Å². The van der Waals surface area contributed by atoms with Gasteiger partial charge in [0.25, 0.3) is 0 Å². The lowest BCUT2D eigenvalue weighted by atomic mass is 10.2. The van der Waals surface area contributed by atoms with Crippen molar-refractivity contribution in [1.82, 2.24) is 49.9 Å². The van der Waals surface area contributed by atoms with Crippen molar-refractivity contribution in [2.45, 2.75) is 20.0 Å². The number of rotatable bonds is 15. The molecule has 0 atom stereocenters. The molecule has 16 nitrogen and oxygen atoms in total. The first-order valence-corrected chi connectivity index (χ1v) is 23.1. The minimum absolute atomic E-state index is 0.0334. The molecule has 2 aliphatic heterocycles. The molecule has 3 N–H and O–H groups in total. The number of benzene rings is 4. The minimum atomic E-state index is -4.18. The maximum atomic E-state index is 15.1. The molecule has 0 bridgehead atoms. The van der Waals surface area contributed by atoms with E-state index in [4.69, 9.17) is 28.4 Å². The van der Waals surface area contributed by atoms with Crippen LogP contribution in [0.1, 0.15) is 11.4 Å². The van der Waals surface area contributed by atoms with Gasteiger partial charge in [-0.3, -0.25) is 14.7 Å². The van der Waals surface area contributed by atoms with Gasteiger partial charge in [0.15, 0.2) is 46.1 Å². The molecule has 2 fully saturated rings. The number of halogens is 5. The summed E-state index contributed by atoms with van der Waals surface area (Å²) < 4.78 is 103. The highest BCUT2D eigenvalue weighted by Gasteiger charge is 2.32. The molecule has 2 aliphatic rings. The van der Waals surface area contributed by atoms with Gasteiger partial charge in [0, 0.05) is 111 Å². The molecule has 0 amide bonds. The molecule has 4 aromatic heterocycles. The number of hydrogen-bond acceptors (Lipinski definition) is 14. The van der Waals surface area contributed by atoms with Crippen LogP contribution < -0.4 is 33.7 Å². The molecule has 0 saturated carbocycles. The molecule has 0 radical (unpaired) electrons. The number of alkyl halides is 3. The van der Waals surface area contributed by atoms with Crippen molar-refractivity contribution in [1.29, 1.82) is 0 Å². The molecule has 8 aromatic rings. The fourth-order valence-corrected chi connectivity index (χ4v) is 8.66. The van der Waals surface area contributed by atoms with Crippen LogP contribution in [-0.4, -0.2) is 150 Å². The largest absolute Gasteiger partial charge is 0.493 e. The van der Waals surface area contributed by atoms with Gasteiger partial charge in [0.05, 0.1) is 42.6 Å². The number of piperazine rings is 2. The molecule has 0 aliphatic carbocycles. The molecule has 2 saturated heterocycles. The Morgan fingerprint density at radius 2 is 0.986 bits per heavy atom. The zero-order chi connectivity index (χ0) is 49.6. The first-order valence-electron chi connectivity index (χ1n) is 23.1. The van der Waals surface area contributed by atoms with Crippen LogP contribution in [0.2, 0.25) is 0 Å². The van der Waals surface area contributed by atoms with Crippen molar-refractivity contribution < 1.29 is 50.4 Å². The van der Waals surface area contributed by atoms with Crippen LogP contribution in [0.25, 0.3) is 43.6 Å². The van der Waals surface area contributed by atoms with Crippen LogP contribution in [0, 0.1) is 25.5 Å². The standard InChI is InChI=1S/C26H27F4N5O3.C24H26FN5O3/c1-16-11-17-19(33-16)3-4-21(24(17)27)38-25-18-12-22(36-2)23(13-20(18)31-15-32-25)37-10-9-34-5-7-35(8-6-34)14-26(28,29)30;1-15-11-16-18(29-15)3-4-20(23(16)25)33-24-17-12-21(31-2)22(13-19(17)27-14-28-24)32-10-9-30-7-5-26-6-8-30/h3-4,11-13,15,33H,5-10,14H2,1-2H3;3-4,11-14,26,29H,5-10H2,1-2H3. The van der Waals surface area contributed by atoms with Crippen molar-refractivity contribution in [2.75, 3.05) is 99.4 Å². The summed E-state index contributed by atoms with van der Waals surface area (Å²) in [5.74, 6) is 1.62. The first-order chi connectivity index (χ1) is 34.3. The smallest absolute Gasteiger partial charge is 0.401 e. The third-order valence-corrected chi connectivity index (χ3v) is 12.3. The molecule has 21 heteroatoms. The van der Waals surface area contributed by atoms with Crippen molar-refractivity contribution in [2.24, 2.45) is 0 Å². The summed E-state index contributed by atoms with van der Waals surface area (Å²) in [4.78, 5) is 29.1. The van der Waals surface area contributed by atoms with Crippen molar-refractivity contribution in [3.05, 3.63) is 96.3 Å². The molecular weight excluding hydrogens is 932 g/mol. The quantitative estimate of drug-likeness (QED) is 0.0839. The Morgan fingerprint density at radius 1 is 0.535 bits per heavy atom. The number of nitrogens with zero attached hydrogens (tertiary/aromatic N) is 7. The van der Waals surface area contributed by atoms with Gasteiger partial charge in [-0.2, -0.15) is 13.2 Å². The molecule has 4 aromatic carbocycles. The number of aromatic nitrogens is 6. The number of aromatic amines is 2. The summed E-state index contributed by atoms with van der Waals surface area (Å²) in [6.07, 6.45) is -1.47. The van der Waals surface area contributed by atoms with E-state index in [1.807, 2.05) is 13.8 Å².